The number of nitrogens with one attached hydrogen (secondary N) is 1. The van der Waals surface area contributed by atoms with Crippen LogP contribution in [0.1, 0.15) is 60.9 Å². The van der Waals surface area contributed by atoms with Gasteiger partial charge in [0.25, 0.3) is 0 Å². The van der Waals surface area contributed by atoms with Gasteiger partial charge in [0.05, 0.1) is 6.04 Å². The lowest BCUT2D eigenvalue weighted by atomic mass is 9.73. The Kier molecular flexibility index (Phi) is 3.97. The number of aryl methyl sites for hydroxylation is 2. The Hall–Kier alpha value is -0.380. The van der Waals surface area contributed by atoms with Gasteiger partial charge in [-0.15, -0.1) is 11.3 Å². The lowest BCUT2D eigenvalue weighted by molar-refractivity contribution is 0.178. The monoisotopic (exact) mass is 278 g/mol. The highest BCUT2D eigenvalue weighted by atomic mass is 32.1. The van der Waals surface area contributed by atoms with Crippen molar-refractivity contribution in [2.24, 2.45) is 23.6 Å². The van der Waals surface area contributed by atoms with E-state index in [2.05, 4.69) is 25.3 Å². The van der Waals surface area contributed by atoms with Crippen LogP contribution in [0.25, 0.3) is 0 Å². The third-order valence-corrected chi connectivity index (χ3v) is 6.26. The van der Waals surface area contributed by atoms with Gasteiger partial charge in [0.2, 0.25) is 0 Å². The van der Waals surface area contributed by atoms with Crippen LogP contribution in [-0.2, 0) is 12.8 Å². The Bertz CT molecular complexity index is 408. The number of hydrogen-bond acceptors (Lipinski definition) is 3. The van der Waals surface area contributed by atoms with Crippen molar-refractivity contribution in [2.45, 2.75) is 58.4 Å². The molecule has 0 aromatic carbocycles. The topological polar surface area (TPSA) is 38.0 Å². The largest absolute Gasteiger partial charge is 0.271 e. The molecule has 2 aliphatic carbocycles. The maximum atomic E-state index is 5.90. The van der Waals surface area contributed by atoms with Gasteiger partial charge in [-0.25, -0.2) is 0 Å². The summed E-state index contributed by atoms with van der Waals surface area (Å²) in [5, 5.41) is 0. The fourth-order valence-corrected chi connectivity index (χ4v) is 5.65. The third-order valence-electron chi connectivity index (χ3n) is 4.94. The summed E-state index contributed by atoms with van der Waals surface area (Å²) in [5.41, 5.74) is 4.72. The van der Waals surface area contributed by atoms with E-state index in [-0.39, 0.29) is 0 Å². The minimum absolute atomic E-state index is 0.376. The maximum Gasteiger partial charge on any atom is 0.0581 e. The van der Waals surface area contributed by atoms with Gasteiger partial charge in [-0.05, 0) is 67.9 Å². The van der Waals surface area contributed by atoms with E-state index in [9.17, 15) is 0 Å². The van der Waals surface area contributed by atoms with E-state index in [0.29, 0.717) is 12.0 Å². The highest BCUT2D eigenvalue weighted by Crippen LogP contribution is 2.43. The second-order valence-electron chi connectivity index (χ2n) is 6.77. The van der Waals surface area contributed by atoms with Crippen LogP contribution in [0.3, 0.4) is 0 Å². The smallest absolute Gasteiger partial charge is 0.0581 e. The molecule has 1 heterocycles. The zero-order chi connectivity index (χ0) is 13.4. The SMILES string of the molecule is CC1CC(C)CC(C(NN)c2cc3c(s2)CCC3)C1. The lowest BCUT2D eigenvalue weighted by Crippen LogP contribution is -2.36. The van der Waals surface area contributed by atoms with Gasteiger partial charge in [0.1, 0.15) is 0 Å². The minimum atomic E-state index is 0.376. The summed E-state index contributed by atoms with van der Waals surface area (Å²) in [4.78, 5) is 3.10. The molecule has 19 heavy (non-hydrogen) atoms. The van der Waals surface area contributed by atoms with Crippen LogP contribution in [0.4, 0.5) is 0 Å². The molecule has 1 aromatic heterocycles. The van der Waals surface area contributed by atoms with Crippen molar-refractivity contribution in [3.8, 4) is 0 Å². The molecule has 2 nitrogen and oxygen atoms in total. The maximum absolute atomic E-state index is 5.90. The van der Waals surface area contributed by atoms with Crippen molar-refractivity contribution in [2.75, 3.05) is 0 Å². The van der Waals surface area contributed by atoms with Gasteiger partial charge < -0.3 is 0 Å². The van der Waals surface area contributed by atoms with Gasteiger partial charge >= 0.3 is 0 Å². The standard InChI is InChI=1S/C16H26N2S/c1-10-6-11(2)8-13(7-10)16(18-17)15-9-12-4-3-5-14(12)19-15/h9-11,13,16,18H,3-8,17H2,1-2H3. The number of rotatable bonds is 3. The van der Waals surface area contributed by atoms with Crippen molar-refractivity contribution in [1.82, 2.24) is 5.43 Å². The van der Waals surface area contributed by atoms with Crippen LogP contribution in [0.15, 0.2) is 6.07 Å². The molecule has 0 bridgehead atoms. The summed E-state index contributed by atoms with van der Waals surface area (Å²) >= 11 is 2.01. The van der Waals surface area contributed by atoms with Crippen LogP contribution in [0.5, 0.6) is 0 Å². The average molecular weight is 278 g/mol. The summed E-state index contributed by atoms with van der Waals surface area (Å²) in [7, 11) is 0. The molecule has 3 N–H and O–H groups in total. The molecule has 1 saturated carbocycles. The van der Waals surface area contributed by atoms with E-state index in [1.165, 1.54) is 43.4 Å². The Labute approximate surface area is 120 Å². The van der Waals surface area contributed by atoms with Crippen molar-refractivity contribution >= 4 is 11.3 Å². The molecule has 0 spiro atoms. The van der Waals surface area contributed by atoms with E-state index >= 15 is 0 Å². The first-order valence-corrected chi connectivity index (χ1v) is 8.56. The first kappa shape index (κ1) is 13.6. The first-order chi connectivity index (χ1) is 9.17. The molecule has 3 atom stereocenters. The highest BCUT2D eigenvalue weighted by molar-refractivity contribution is 7.12. The summed E-state index contributed by atoms with van der Waals surface area (Å²) in [5.74, 6) is 8.30. The Balaban J connectivity index is 1.79. The van der Waals surface area contributed by atoms with Crippen LogP contribution in [0, 0.1) is 17.8 Å². The van der Waals surface area contributed by atoms with E-state index < -0.39 is 0 Å². The summed E-state index contributed by atoms with van der Waals surface area (Å²) < 4.78 is 0. The molecule has 0 aliphatic heterocycles. The van der Waals surface area contributed by atoms with Crippen molar-refractivity contribution in [3.05, 3.63) is 21.4 Å². The van der Waals surface area contributed by atoms with Crippen molar-refractivity contribution < 1.29 is 0 Å². The fourth-order valence-electron chi connectivity index (χ4n) is 4.24. The number of hydrazine groups is 1. The normalized spacial score (nSPS) is 32.3. The zero-order valence-corrected chi connectivity index (χ0v) is 12.9. The molecular formula is C16H26N2S. The molecule has 2 aliphatic rings. The molecule has 0 amide bonds. The van der Waals surface area contributed by atoms with Crippen molar-refractivity contribution in [1.29, 1.82) is 0 Å². The highest BCUT2D eigenvalue weighted by Gasteiger charge is 2.32. The van der Waals surface area contributed by atoms with E-state index in [1.54, 1.807) is 10.4 Å². The number of fused-ring (bicyclic) bond motifs is 1. The quantitative estimate of drug-likeness (QED) is 0.651. The first-order valence-electron chi connectivity index (χ1n) is 7.75. The predicted molar refractivity (Wildman–Crippen MR) is 82.1 cm³/mol. The second kappa shape index (κ2) is 5.55. The predicted octanol–water partition coefficient (Wildman–Crippen LogP) is 3.81. The number of nitrogens with two attached hydrogens (primary N) is 1. The molecule has 0 saturated heterocycles. The fraction of sp³-hybridized carbons (Fsp3) is 0.750. The second-order valence-corrected chi connectivity index (χ2v) is 7.94. The van der Waals surface area contributed by atoms with Crippen molar-refractivity contribution in [3.63, 3.8) is 0 Å². The van der Waals surface area contributed by atoms with Gasteiger partial charge in [0, 0.05) is 9.75 Å². The Morgan fingerprint density at radius 3 is 2.58 bits per heavy atom. The van der Waals surface area contributed by atoms with E-state index in [4.69, 9.17) is 5.84 Å². The molecular weight excluding hydrogens is 252 g/mol. The Morgan fingerprint density at radius 1 is 1.21 bits per heavy atom. The molecule has 1 fully saturated rings. The number of thiophene rings is 1. The van der Waals surface area contributed by atoms with E-state index in [0.717, 1.165) is 11.8 Å². The average Bonchev–Trinajstić information content (AvgIpc) is 2.89. The Morgan fingerprint density at radius 2 is 1.95 bits per heavy atom. The van der Waals surface area contributed by atoms with Gasteiger partial charge in [-0.2, -0.15) is 0 Å². The summed E-state index contributed by atoms with van der Waals surface area (Å²) in [6.45, 7) is 4.79. The molecule has 1 aromatic rings. The summed E-state index contributed by atoms with van der Waals surface area (Å²) in [6, 6.07) is 2.81. The van der Waals surface area contributed by atoms with Crippen LogP contribution in [0.2, 0.25) is 0 Å². The molecule has 106 valence electrons. The number of hydrogen-bond donors (Lipinski definition) is 2. The molecule has 0 radical (unpaired) electrons. The lowest BCUT2D eigenvalue weighted by Gasteiger charge is -2.36. The third kappa shape index (κ3) is 2.74. The van der Waals surface area contributed by atoms with Crippen LogP contribution < -0.4 is 11.3 Å². The van der Waals surface area contributed by atoms with E-state index in [1.807, 2.05) is 11.3 Å². The van der Waals surface area contributed by atoms with Gasteiger partial charge in [0.15, 0.2) is 0 Å². The minimum Gasteiger partial charge on any atom is -0.271 e. The summed E-state index contributed by atoms with van der Waals surface area (Å²) in [6.07, 6.45) is 7.94. The van der Waals surface area contributed by atoms with Gasteiger partial charge in [-0.1, -0.05) is 13.8 Å². The van der Waals surface area contributed by atoms with Gasteiger partial charge in [-0.3, -0.25) is 11.3 Å². The molecule has 3 rings (SSSR count). The molecule has 3 unspecified atom stereocenters. The van der Waals surface area contributed by atoms with Crippen LogP contribution >= 0.6 is 11.3 Å². The van der Waals surface area contributed by atoms with Crippen LogP contribution in [-0.4, -0.2) is 0 Å². The zero-order valence-electron chi connectivity index (χ0n) is 12.1. The molecule has 3 heteroatoms.